The van der Waals surface area contributed by atoms with E-state index in [1.165, 1.54) is 44.9 Å². The zero-order valence-corrected chi connectivity index (χ0v) is 23.1. The first-order chi connectivity index (χ1) is 16.0. The molecule has 0 aromatic rings. The van der Waals surface area contributed by atoms with Crippen LogP contribution in [0.25, 0.3) is 0 Å². The summed E-state index contributed by atoms with van der Waals surface area (Å²) in [5, 5.41) is 0. The highest BCUT2D eigenvalue weighted by atomic mass is 14.5. The summed E-state index contributed by atoms with van der Waals surface area (Å²) < 4.78 is 0. The molecular formula is C33H56. The predicted molar refractivity (Wildman–Crippen MR) is 154 cm³/mol. The lowest BCUT2D eigenvalue weighted by molar-refractivity contribution is 0.239. The summed E-state index contributed by atoms with van der Waals surface area (Å²) in [6, 6.07) is 0. The van der Waals surface area contributed by atoms with Gasteiger partial charge in [-0.15, -0.1) is 6.58 Å². The Labute approximate surface area is 208 Å². The molecule has 0 saturated heterocycles. The number of hydrogen-bond acceptors (Lipinski definition) is 0. The van der Waals surface area contributed by atoms with Gasteiger partial charge in [-0.1, -0.05) is 153 Å². The van der Waals surface area contributed by atoms with Crippen molar-refractivity contribution in [2.75, 3.05) is 0 Å². The van der Waals surface area contributed by atoms with Crippen molar-refractivity contribution in [3.63, 3.8) is 0 Å². The van der Waals surface area contributed by atoms with Gasteiger partial charge in [0, 0.05) is 16.7 Å². The van der Waals surface area contributed by atoms with Crippen molar-refractivity contribution < 1.29 is 0 Å². The smallest absolute Gasteiger partial charge is 0.0282 e. The summed E-state index contributed by atoms with van der Waals surface area (Å²) in [7, 11) is 0. The van der Waals surface area contributed by atoms with Crippen LogP contribution in [0.4, 0.5) is 0 Å². The van der Waals surface area contributed by atoms with Crippen molar-refractivity contribution in [3.05, 3.63) is 73.4 Å². The van der Waals surface area contributed by atoms with Gasteiger partial charge in [-0.3, -0.25) is 0 Å². The molecule has 0 aliphatic rings. The van der Waals surface area contributed by atoms with Crippen LogP contribution in [0.1, 0.15) is 119 Å². The minimum atomic E-state index is -0.172. The first-order valence-electron chi connectivity index (χ1n) is 14.0. The fourth-order valence-electron chi connectivity index (χ4n) is 4.37. The highest BCUT2D eigenvalue weighted by Gasteiger charge is 2.45. The highest BCUT2D eigenvalue weighted by molar-refractivity contribution is 5.34. The van der Waals surface area contributed by atoms with Crippen LogP contribution in [0.3, 0.4) is 0 Å². The molecule has 0 aliphatic heterocycles. The van der Waals surface area contributed by atoms with Crippen LogP contribution in [0.2, 0.25) is 0 Å². The highest BCUT2D eigenvalue weighted by Crippen LogP contribution is 2.52. The van der Waals surface area contributed by atoms with Crippen LogP contribution >= 0.6 is 0 Å². The van der Waals surface area contributed by atoms with Crippen molar-refractivity contribution in [1.82, 2.24) is 0 Å². The Hall–Kier alpha value is -1.56. The molecule has 0 heterocycles. The van der Waals surface area contributed by atoms with Gasteiger partial charge >= 0.3 is 0 Å². The molecule has 0 fully saturated rings. The molecule has 0 spiro atoms. The minimum absolute atomic E-state index is 0.127. The predicted octanol–water partition coefficient (Wildman–Crippen LogP) is 11.3. The van der Waals surface area contributed by atoms with Crippen molar-refractivity contribution >= 4 is 0 Å². The number of hydrogen-bond donors (Lipinski definition) is 0. The molecule has 0 radical (unpaired) electrons. The standard InChI is InChI=1S/C33H56/c1-8-14-19-24-28-32(7,27-22-17-11-4)33(29-23-18-12-5,30-25-20-15-9-2)31(13-6)26-21-16-10-3/h13,21-31H,6,8-12,14-20H2,1-5,7H3. The van der Waals surface area contributed by atoms with Crippen molar-refractivity contribution in [3.8, 4) is 0 Å². The molecule has 0 saturated carbocycles. The summed E-state index contributed by atoms with van der Waals surface area (Å²) in [6.07, 6.45) is 40.8. The van der Waals surface area contributed by atoms with Crippen LogP contribution in [-0.2, 0) is 0 Å². The number of allylic oxidation sites excluding steroid dienone is 11. The topological polar surface area (TPSA) is 0 Å². The van der Waals surface area contributed by atoms with E-state index in [0.29, 0.717) is 0 Å². The zero-order chi connectivity index (χ0) is 24.8. The Morgan fingerprint density at radius 2 is 1.00 bits per heavy atom. The SMILES string of the molecule is C=CC(C=CCCC)C(C=CCCC)(C=CCCCC)C(C)(C=CCCC)C=CCCCC. The fourth-order valence-corrected chi connectivity index (χ4v) is 4.37. The molecule has 3 atom stereocenters. The molecule has 0 heteroatoms. The molecule has 0 amide bonds. The second-order valence-electron chi connectivity index (χ2n) is 9.67. The first kappa shape index (κ1) is 31.4. The van der Waals surface area contributed by atoms with Gasteiger partial charge in [-0.05, 0) is 32.1 Å². The largest absolute Gasteiger partial charge is 0.102 e. The third-order valence-electron chi connectivity index (χ3n) is 6.61. The number of rotatable bonds is 20. The molecule has 0 rings (SSSR count). The lowest BCUT2D eigenvalue weighted by Crippen LogP contribution is -2.39. The second-order valence-corrected chi connectivity index (χ2v) is 9.67. The Kier molecular flexibility index (Phi) is 18.9. The first-order valence-corrected chi connectivity index (χ1v) is 14.0. The molecule has 0 aromatic heterocycles. The van der Waals surface area contributed by atoms with E-state index in [1.807, 2.05) is 0 Å². The molecule has 0 aromatic carbocycles. The summed E-state index contributed by atoms with van der Waals surface area (Å²) in [5.74, 6) is 0.238. The number of unbranched alkanes of at least 4 members (excludes halogenated alkanes) is 7. The van der Waals surface area contributed by atoms with Crippen LogP contribution in [-0.4, -0.2) is 0 Å². The van der Waals surface area contributed by atoms with Crippen molar-refractivity contribution in [1.29, 1.82) is 0 Å². The minimum Gasteiger partial charge on any atom is -0.102 e. The van der Waals surface area contributed by atoms with E-state index in [4.69, 9.17) is 0 Å². The van der Waals surface area contributed by atoms with E-state index < -0.39 is 0 Å². The van der Waals surface area contributed by atoms with Gasteiger partial charge in [-0.2, -0.15) is 0 Å². The Balaban J connectivity index is 6.84. The van der Waals surface area contributed by atoms with Gasteiger partial charge in [0.25, 0.3) is 0 Å². The van der Waals surface area contributed by atoms with Crippen LogP contribution < -0.4 is 0 Å². The molecule has 33 heavy (non-hydrogen) atoms. The van der Waals surface area contributed by atoms with E-state index in [-0.39, 0.29) is 16.7 Å². The van der Waals surface area contributed by atoms with Crippen LogP contribution in [0.15, 0.2) is 73.4 Å². The summed E-state index contributed by atoms with van der Waals surface area (Å²) in [4.78, 5) is 0. The van der Waals surface area contributed by atoms with E-state index in [2.05, 4.69) is 115 Å². The summed E-state index contributed by atoms with van der Waals surface area (Å²) in [6.45, 7) is 18.1. The lowest BCUT2D eigenvalue weighted by Gasteiger charge is -2.46. The van der Waals surface area contributed by atoms with Crippen LogP contribution in [0, 0.1) is 16.7 Å². The van der Waals surface area contributed by atoms with Gasteiger partial charge in [0.05, 0.1) is 0 Å². The van der Waals surface area contributed by atoms with Crippen LogP contribution in [0.5, 0.6) is 0 Å². The molecule has 0 N–H and O–H groups in total. The molecule has 3 unspecified atom stereocenters. The van der Waals surface area contributed by atoms with Gasteiger partial charge < -0.3 is 0 Å². The maximum absolute atomic E-state index is 4.33. The molecule has 0 bridgehead atoms. The van der Waals surface area contributed by atoms with Crippen molar-refractivity contribution in [2.45, 2.75) is 119 Å². The summed E-state index contributed by atoms with van der Waals surface area (Å²) >= 11 is 0. The average molecular weight is 453 g/mol. The average Bonchev–Trinajstić information content (AvgIpc) is 2.82. The Morgan fingerprint density at radius 1 is 0.576 bits per heavy atom. The van der Waals surface area contributed by atoms with E-state index >= 15 is 0 Å². The summed E-state index contributed by atoms with van der Waals surface area (Å²) in [5.41, 5.74) is -0.298. The molecule has 0 nitrogen and oxygen atoms in total. The zero-order valence-electron chi connectivity index (χ0n) is 23.1. The monoisotopic (exact) mass is 452 g/mol. The third-order valence-corrected chi connectivity index (χ3v) is 6.61. The maximum Gasteiger partial charge on any atom is 0.0282 e. The van der Waals surface area contributed by atoms with Gasteiger partial charge in [0.1, 0.15) is 0 Å². The Morgan fingerprint density at radius 3 is 1.45 bits per heavy atom. The van der Waals surface area contributed by atoms with E-state index in [9.17, 15) is 0 Å². The lowest BCUT2D eigenvalue weighted by atomic mass is 9.56. The van der Waals surface area contributed by atoms with Crippen molar-refractivity contribution in [2.24, 2.45) is 16.7 Å². The fraction of sp³-hybridized carbons (Fsp3) is 0.636. The van der Waals surface area contributed by atoms with E-state index in [0.717, 1.165) is 32.1 Å². The normalized spacial score (nSPS) is 17.5. The van der Waals surface area contributed by atoms with Gasteiger partial charge in [-0.25, -0.2) is 0 Å². The third kappa shape index (κ3) is 11.4. The molecular weight excluding hydrogens is 396 g/mol. The van der Waals surface area contributed by atoms with E-state index in [1.54, 1.807) is 0 Å². The quantitative estimate of drug-likeness (QED) is 0.127. The maximum atomic E-state index is 4.33. The Bertz CT molecular complexity index is 614. The molecule has 188 valence electrons. The van der Waals surface area contributed by atoms with Gasteiger partial charge in [0.15, 0.2) is 0 Å². The van der Waals surface area contributed by atoms with Gasteiger partial charge in [0.2, 0.25) is 0 Å². The molecule has 0 aliphatic carbocycles. The second kappa shape index (κ2) is 19.9.